The van der Waals surface area contributed by atoms with Crippen LogP contribution in [0.4, 0.5) is 5.69 Å². The first-order chi connectivity index (χ1) is 12.1. The number of anilines is 1. The molecule has 0 saturated carbocycles. The van der Waals surface area contributed by atoms with E-state index in [9.17, 15) is 0 Å². The molecule has 0 radical (unpaired) electrons. The van der Waals surface area contributed by atoms with Gasteiger partial charge < -0.3 is 10.1 Å². The Balaban J connectivity index is 1.55. The number of halogens is 1. The highest BCUT2D eigenvalue weighted by molar-refractivity contribution is 6.30. The average molecular weight is 352 g/mol. The highest BCUT2D eigenvalue weighted by Crippen LogP contribution is 2.19. The molecule has 3 rings (SSSR count). The van der Waals surface area contributed by atoms with Crippen LogP contribution >= 0.6 is 11.6 Å². The maximum atomic E-state index is 5.89. The van der Waals surface area contributed by atoms with E-state index in [-0.39, 0.29) is 0 Å². The van der Waals surface area contributed by atoms with Crippen molar-refractivity contribution >= 4 is 17.3 Å². The standard InChI is InChI=1S/C22H22ClNO/c1-16-3-4-17(2)22(13-16)24-14-18-7-11-21(12-8-18)25-15-19-5-9-20(23)10-6-19/h3-13,24H,14-15H2,1-2H3. The molecule has 3 aromatic rings. The van der Waals surface area contributed by atoms with Gasteiger partial charge in [-0.25, -0.2) is 0 Å². The molecule has 0 aliphatic rings. The SMILES string of the molecule is Cc1ccc(C)c(NCc2ccc(OCc3ccc(Cl)cc3)cc2)c1. The van der Waals surface area contributed by atoms with Gasteiger partial charge in [0.25, 0.3) is 0 Å². The van der Waals surface area contributed by atoms with Crippen LogP contribution in [0, 0.1) is 13.8 Å². The zero-order valence-corrected chi connectivity index (χ0v) is 15.3. The van der Waals surface area contributed by atoms with Gasteiger partial charge in [-0.2, -0.15) is 0 Å². The van der Waals surface area contributed by atoms with Gasteiger partial charge in [0.05, 0.1) is 0 Å². The van der Waals surface area contributed by atoms with Crippen molar-refractivity contribution in [2.24, 2.45) is 0 Å². The molecular weight excluding hydrogens is 330 g/mol. The average Bonchev–Trinajstić information content (AvgIpc) is 2.63. The fourth-order valence-corrected chi connectivity index (χ4v) is 2.70. The van der Waals surface area contributed by atoms with Gasteiger partial charge in [0, 0.05) is 17.3 Å². The molecule has 3 heteroatoms. The van der Waals surface area contributed by atoms with Gasteiger partial charge in [-0.1, -0.05) is 48.0 Å². The van der Waals surface area contributed by atoms with Crippen LogP contribution in [0.2, 0.25) is 5.02 Å². The highest BCUT2D eigenvalue weighted by atomic mass is 35.5. The quantitative estimate of drug-likeness (QED) is 0.575. The molecule has 0 aliphatic heterocycles. The summed E-state index contributed by atoms with van der Waals surface area (Å²) in [6.07, 6.45) is 0. The second kappa shape index (κ2) is 8.09. The molecule has 0 aliphatic carbocycles. The van der Waals surface area contributed by atoms with Crippen LogP contribution in [0.3, 0.4) is 0 Å². The lowest BCUT2D eigenvalue weighted by atomic mass is 10.1. The van der Waals surface area contributed by atoms with E-state index in [0.717, 1.165) is 22.9 Å². The molecule has 0 unspecified atom stereocenters. The summed E-state index contributed by atoms with van der Waals surface area (Å²) in [7, 11) is 0. The molecule has 0 atom stereocenters. The third-order valence-corrected chi connectivity index (χ3v) is 4.37. The van der Waals surface area contributed by atoms with Gasteiger partial charge in [-0.3, -0.25) is 0 Å². The Morgan fingerprint density at radius 3 is 2.24 bits per heavy atom. The molecule has 1 N–H and O–H groups in total. The maximum absolute atomic E-state index is 5.89. The minimum absolute atomic E-state index is 0.539. The summed E-state index contributed by atoms with van der Waals surface area (Å²) in [6.45, 7) is 5.56. The first-order valence-electron chi connectivity index (χ1n) is 8.37. The van der Waals surface area contributed by atoms with Crippen LogP contribution in [0.1, 0.15) is 22.3 Å². The third kappa shape index (κ3) is 5.01. The number of benzene rings is 3. The minimum atomic E-state index is 0.539. The van der Waals surface area contributed by atoms with Crippen LogP contribution in [-0.4, -0.2) is 0 Å². The molecule has 25 heavy (non-hydrogen) atoms. The fraction of sp³-hybridized carbons (Fsp3) is 0.182. The van der Waals surface area contributed by atoms with E-state index >= 15 is 0 Å². The van der Waals surface area contributed by atoms with E-state index in [1.807, 2.05) is 36.4 Å². The smallest absolute Gasteiger partial charge is 0.119 e. The first kappa shape index (κ1) is 17.4. The molecule has 0 saturated heterocycles. The van der Waals surface area contributed by atoms with Gasteiger partial charge in [0.15, 0.2) is 0 Å². The van der Waals surface area contributed by atoms with Crippen molar-refractivity contribution in [2.45, 2.75) is 27.0 Å². The van der Waals surface area contributed by atoms with Crippen LogP contribution in [0.15, 0.2) is 66.7 Å². The van der Waals surface area contributed by atoms with E-state index in [1.54, 1.807) is 0 Å². The Morgan fingerprint density at radius 2 is 1.52 bits per heavy atom. The summed E-state index contributed by atoms with van der Waals surface area (Å²) in [6, 6.07) is 22.4. The number of rotatable bonds is 6. The largest absolute Gasteiger partial charge is 0.489 e. The Kier molecular flexibility index (Phi) is 5.62. The minimum Gasteiger partial charge on any atom is -0.489 e. The second-order valence-corrected chi connectivity index (χ2v) is 6.67. The number of nitrogens with one attached hydrogen (secondary N) is 1. The zero-order valence-electron chi connectivity index (χ0n) is 14.6. The Morgan fingerprint density at radius 1 is 0.840 bits per heavy atom. The van der Waals surface area contributed by atoms with E-state index in [0.29, 0.717) is 6.61 Å². The van der Waals surface area contributed by atoms with Gasteiger partial charge >= 0.3 is 0 Å². The lowest BCUT2D eigenvalue weighted by Gasteiger charge is -2.11. The fourth-order valence-electron chi connectivity index (χ4n) is 2.57. The number of ether oxygens (including phenoxy) is 1. The number of aryl methyl sites for hydroxylation is 2. The molecule has 0 bridgehead atoms. The predicted molar refractivity (Wildman–Crippen MR) is 105 cm³/mol. The Bertz CT molecular complexity index is 826. The van der Waals surface area contributed by atoms with Crippen LogP contribution in [0.25, 0.3) is 0 Å². The van der Waals surface area contributed by atoms with Crippen molar-refractivity contribution < 1.29 is 4.74 Å². The summed E-state index contributed by atoms with van der Waals surface area (Å²) in [5, 5.41) is 4.24. The summed E-state index contributed by atoms with van der Waals surface area (Å²) in [4.78, 5) is 0. The van der Waals surface area contributed by atoms with E-state index < -0.39 is 0 Å². The molecule has 0 spiro atoms. The van der Waals surface area contributed by atoms with Crippen molar-refractivity contribution in [3.8, 4) is 5.75 Å². The van der Waals surface area contributed by atoms with Crippen LogP contribution < -0.4 is 10.1 Å². The molecule has 128 valence electrons. The summed E-state index contributed by atoms with van der Waals surface area (Å²) >= 11 is 5.89. The number of hydrogen-bond donors (Lipinski definition) is 1. The lowest BCUT2D eigenvalue weighted by molar-refractivity contribution is 0.306. The van der Waals surface area contributed by atoms with E-state index in [4.69, 9.17) is 16.3 Å². The zero-order chi connectivity index (χ0) is 17.6. The van der Waals surface area contributed by atoms with E-state index in [2.05, 4.69) is 49.5 Å². The van der Waals surface area contributed by atoms with Crippen LogP contribution in [-0.2, 0) is 13.2 Å². The van der Waals surface area contributed by atoms with Gasteiger partial charge in [0.1, 0.15) is 12.4 Å². The van der Waals surface area contributed by atoms with Gasteiger partial charge in [0.2, 0.25) is 0 Å². The highest BCUT2D eigenvalue weighted by Gasteiger charge is 2.01. The number of hydrogen-bond acceptors (Lipinski definition) is 2. The van der Waals surface area contributed by atoms with Gasteiger partial charge in [-0.15, -0.1) is 0 Å². The molecular formula is C22H22ClNO. The molecule has 0 fully saturated rings. The van der Waals surface area contributed by atoms with Crippen molar-refractivity contribution in [1.82, 2.24) is 0 Å². The first-order valence-corrected chi connectivity index (χ1v) is 8.75. The van der Waals surface area contributed by atoms with Crippen molar-refractivity contribution in [1.29, 1.82) is 0 Å². The lowest BCUT2D eigenvalue weighted by Crippen LogP contribution is -2.01. The summed E-state index contributed by atoms with van der Waals surface area (Å²) in [5.41, 5.74) is 6.03. The molecule has 0 aromatic heterocycles. The predicted octanol–water partition coefficient (Wildman–Crippen LogP) is 6.15. The van der Waals surface area contributed by atoms with Crippen molar-refractivity contribution in [3.05, 3.63) is 94.0 Å². The van der Waals surface area contributed by atoms with Gasteiger partial charge in [-0.05, 0) is 66.4 Å². The second-order valence-electron chi connectivity index (χ2n) is 6.23. The normalized spacial score (nSPS) is 10.5. The topological polar surface area (TPSA) is 21.3 Å². The maximum Gasteiger partial charge on any atom is 0.119 e. The third-order valence-electron chi connectivity index (χ3n) is 4.12. The molecule has 2 nitrogen and oxygen atoms in total. The molecule has 0 heterocycles. The van der Waals surface area contributed by atoms with Crippen LogP contribution in [0.5, 0.6) is 5.75 Å². The monoisotopic (exact) mass is 351 g/mol. The summed E-state index contributed by atoms with van der Waals surface area (Å²) < 4.78 is 5.82. The Hall–Kier alpha value is -2.45. The van der Waals surface area contributed by atoms with Crippen molar-refractivity contribution in [3.63, 3.8) is 0 Å². The molecule has 3 aromatic carbocycles. The summed E-state index contributed by atoms with van der Waals surface area (Å²) in [5.74, 6) is 0.866. The van der Waals surface area contributed by atoms with E-state index in [1.165, 1.54) is 22.4 Å². The Labute approximate surface area is 154 Å². The van der Waals surface area contributed by atoms with Crippen molar-refractivity contribution in [2.75, 3.05) is 5.32 Å². The molecule has 0 amide bonds.